The van der Waals surface area contributed by atoms with E-state index in [-0.39, 0.29) is 11.2 Å². The van der Waals surface area contributed by atoms with Crippen LogP contribution in [0.25, 0.3) is 0 Å². The minimum Gasteiger partial charge on any atom is -0.494 e. The van der Waals surface area contributed by atoms with E-state index in [1.165, 1.54) is 5.56 Å². The van der Waals surface area contributed by atoms with Crippen LogP contribution in [0.5, 0.6) is 5.75 Å². The first-order chi connectivity index (χ1) is 8.39. The minimum absolute atomic E-state index is 0.147. The van der Waals surface area contributed by atoms with Gasteiger partial charge in [0.15, 0.2) is 0 Å². The normalized spacial score (nSPS) is 11.3. The zero-order valence-corrected chi connectivity index (χ0v) is 12.0. The molecule has 1 rings (SSSR count). The van der Waals surface area contributed by atoms with E-state index in [4.69, 9.17) is 4.74 Å². The molecule has 2 heteroatoms. The highest BCUT2D eigenvalue weighted by molar-refractivity contribution is 5.75. The number of carbonyl (C=O) groups excluding carboxylic acids is 1. The fourth-order valence-electron chi connectivity index (χ4n) is 1.72. The molecule has 0 amide bonds. The molecule has 0 bridgehead atoms. The molecule has 2 nitrogen and oxygen atoms in total. The first-order valence-corrected chi connectivity index (χ1v) is 6.62. The van der Waals surface area contributed by atoms with Gasteiger partial charge in [-0.2, -0.15) is 0 Å². The van der Waals surface area contributed by atoms with Crippen LogP contribution in [0.15, 0.2) is 24.3 Å². The maximum absolute atomic E-state index is 10.8. The van der Waals surface area contributed by atoms with Gasteiger partial charge in [0.05, 0.1) is 6.61 Å². The van der Waals surface area contributed by atoms with Gasteiger partial charge >= 0.3 is 0 Å². The van der Waals surface area contributed by atoms with E-state index in [0.29, 0.717) is 13.0 Å². The first kappa shape index (κ1) is 14.7. The molecule has 0 heterocycles. The molecule has 1 aromatic carbocycles. The van der Waals surface area contributed by atoms with Gasteiger partial charge in [-0.25, -0.2) is 0 Å². The van der Waals surface area contributed by atoms with Crippen molar-refractivity contribution in [3.05, 3.63) is 29.8 Å². The maximum Gasteiger partial charge on any atom is 0.129 e. The second-order valence-electron chi connectivity index (χ2n) is 5.79. The fourth-order valence-corrected chi connectivity index (χ4v) is 1.72. The lowest BCUT2D eigenvalue weighted by Crippen LogP contribution is -2.11. The molecule has 1 aromatic rings. The van der Waals surface area contributed by atoms with Crippen LogP contribution in [-0.4, -0.2) is 12.4 Å². The lowest BCUT2D eigenvalue weighted by atomic mass is 9.87. The van der Waals surface area contributed by atoms with E-state index in [1.54, 1.807) is 6.92 Å². The van der Waals surface area contributed by atoms with Crippen LogP contribution < -0.4 is 4.74 Å². The van der Waals surface area contributed by atoms with Crippen molar-refractivity contribution in [3.63, 3.8) is 0 Å². The summed E-state index contributed by atoms with van der Waals surface area (Å²) < 4.78 is 5.71. The number of carbonyl (C=O) groups is 1. The molecule has 18 heavy (non-hydrogen) atoms. The van der Waals surface area contributed by atoms with Gasteiger partial charge in [-0.05, 0) is 42.9 Å². The van der Waals surface area contributed by atoms with Crippen LogP contribution in [0.3, 0.4) is 0 Å². The number of ether oxygens (including phenoxy) is 1. The monoisotopic (exact) mass is 248 g/mol. The van der Waals surface area contributed by atoms with Crippen molar-refractivity contribution in [3.8, 4) is 5.75 Å². The summed E-state index contributed by atoms with van der Waals surface area (Å²) in [6, 6.07) is 8.25. The highest BCUT2D eigenvalue weighted by Gasteiger charge is 2.13. The largest absolute Gasteiger partial charge is 0.494 e. The Hall–Kier alpha value is -1.31. The van der Waals surface area contributed by atoms with E-state index in [2.05, 4.69) is 32.9 Å². The maximum atomic E-state index is 10.8. The quantitative estimate of drug-likeness (QED) is 0.708. The van der Waals surface area contributed by atoms with Crippen LogP contribution in [0, 0.1) is 0 Å². The molecule has 0 aliphatic rings. The van der Waals surface area contributed by atoms with E-state index in [9.17, 15) is 4.79 Å². The van der Waals surface area contributed by atoms with Gasteiger partial charge in [0.2, 0.25) is 0 Å². The van der Waals surface area contributed by atoms with Gasteiger partial charge in [-0.1, -0.05) is 32.9 Å². The SMILES string of the molecule is CC(=O)CCCCOc1cccc(C(C)(C)C)c1. The highest BCUT2D eigenvalue weighted by atomic mass is 16.5. The first-order valence-electron chi connectivity index (χ1n) is 6.62. The van der Waals surface area contributed by atoms with Gasteiger partial charge in [0.25, 0.3) is 0 Å². The highest BCUT2D eigenvalue weighted by Crippen LogP contribution is 2.25. The predicted molar refractivity (Wildman–Crippen MR) is 75.2 cm³/mol. The van der Waals surface area contributed by atoms with Gasteiger partial charge in [0.1, 0.15) is 11.5 Å². The Bertz CT molecular complexity index is 388. The molecule has 0 fully saturated rings. The topological polar surface area (TPSA) is 26.3 Å². The van der Waals surface area contributed by atoms with Gasteiger partial charge in [0, 0.05) is 6.42 Å². The molecule has 0 saturated heterocycles. The van der Waals surface area contributed by atoms with Crippen molar-refractivity contribution >= 4 is 5.78 Å². The lowest BCUT2D eigenvalue weighted by molar-refractivity contribution is -0.117. The number of hydrogen-bond donors (Lipinski definition) is 0. The Kier molecular flexibility index (Phi) is 5.39. The predicted octanol–water partition coefficient (Wildman–Crippen LogP) is 4.12. The summed E-state index contributed by atoms with van der Waals surface area (Å²) in [6.07, 6.45) is 2.50. The van der Waals surface area contributed by atoms with Gasteiger partial charge in [-0.3, -0.25) is 0 Å². The van der Waals surface area contributed by atoms with Crippen LogP contribution >= 0.6 is 0 Å². The van der Waals surface area contributed by atoms with E-state index < -0.39 is 0 Å². The molecule has 0 atom stereocenters. The van der Waals surface area contributed by atoms with Crippen LogP contribution in [0.4, 0.5) is 0 Å². The minimum atomic E-state index is 0.147. The third-order valence-corrected chi connectivity index (χ3v) is 2.89. The Morgan fingerprint density at radius 2 is 1.94 bits per heavy atom. The third-order valence-electron chi connectivity index (χ3n) is 2.89. The number of Topliss-reactive ketones (excluding diaryl/α,β-unsaturated/α-hetero) is 1. The molecule has 0 aliphatic heterocycles. The molecule has 0 unspecified atom stereocenters. The molecular weight excluding hydrogens is 224 g/mol. The zero-order valence-electron chi connectivity index (χ0n) is 12.0. The Morgan fingerprint density at radius 3 is 2.56 bits per heavy atom. The van der Waals surface area contributed by atoms with Crippen molar-refractivity contribution < 1.29 is 9.53 Å². The second kappa shape index (κ2) is 6.58. The van der Waals surface area contributed by atoms with Crippen molar-refractivity contribution in [2.45, 2.75) is 52.4 Å². The van der Waals surface area contributed by atoms with Crippen molar-refractivity contribution in [1.29, 1.82) is 0 Å². The Balaban J connectivity index is 2.41. The van der Waals surface area contributed by atoms with Gasteiger partial charge < -0.3 is 9.53 Å². The van der Waals surface area contributed by atoms with Crippen molar-refractivity contribution in [2.75, 3.05) is 6.61 Å². The number of hydrogen-bond acceptors (Lipinski definition) is 2. The summed E-state index contributed by atoms with van der Waals surface area (Å²) in [5.74, 6) is 1.18. The van der Waals surface area contributed by atoms with Crippen LogP contribution in [0.1, 0.15) is 52.5 Å². The Labute approximate surface area is 110 Å². The van der Waals surface area contributed by atoms with Crippen LogP contribution in [-0.2, 0) is 10.2 Å². The van der Waals surface area contributed by atoms with Crippen LogP contribution in [0.2, 0.25) is 0 Å². The summed E-state index contributed by atoms with van der Waals surface area (Å²) in [4.78, 5) is 10.8. The second-order valence-corrected chi connectivity index (χ2v) is 5.79. The molecule has 0 saturated carbocycles. The summed E-state index contributed by atoms with van der Waals surface area (Å²) in [5.41, 5.74) is 1.43. The van der Waals surface area contributed by atoms with Crippen molar-refractivity contribution in [2.24, 2.45) is 0 Å². The number of benzene rings is 1. The number of ketones is 1. The summed E-state index contributed by atoms with van der Waals surface area (Å²) in [5, 5.41) is 0. The van der Waals surface area contributed by atoms with E-state index in [1.807, 2.05) is 12.1 Å². The molecule has 0 aromatic heterocycles. The molecular formula is C16H24O2. The average molecular weight is 248 g/mol. The van der Waals surface area contributed by atoms with E-state index >= 15 is 0 Å². The fraction of sp³-hybridized carbons (Fsp3) is 0.562. The molecule has 0 N–H and O–H groups in total. The summed E-state index contributed by atoms with van der Waals surface area (Å²) >= 11 is 0. The third kappa shape index (κ3) is 5.35. The van der Waals surface area contributed by atoms with Crippen molar-refractivity contribution in [1.82, 2.24) is 0 Å². The zero-order chi connectivity index (χ0) is 13.6. The lowest BCUT2D eigenvalue weighted by Gasteiger charge is -2.19. The average Bonchev–Trinajstić information content (AvgIpc) is 2.27. The Morgan fingerprint density at radius 1 is 1.22 bits per heavy atom. The number of rotatable bonds is 6. The summed E-state index contributed by atoms with van der Waals surface area (Å²) in [6.45, 7) is 8.89. The standard InChI is InChI=1S/C16H24O2/c1-13(17)8-5-6-11-18-15-10-7-9-14(12-15)16(2,3)4/h7,9-10,12H,5-6,8,11H2,1-4H3. The molecule has 100 valence electrons. The molecule has 0 aliphatic carbocycles. The molecule has 0 spiro atoms. The smallest absolute Gasteiger partial charge is 0.129 e. The summed E-state index contributed by atoms with van der Waals surface area (Å²) in [7, 11) is 0. The molecule has 0 radical (unpaired) electrons. The number of unbranched alkanes of at least 4 members (excludes halogenated alkanes) is 1. The van der Waals surface area contributed by atoms with E-state index in [0.717, 1.165) is 18.6 Å². The van der Waals surface area contributed by atoms with Gasteiger partial charge in [-0.15, -0.1) is 0 Å².